The Morgan fingerprint density at radius 1 is 1.29 bits per heavy atom. The first-order valence-electron chi connectivity index (χ1n) is 7.03. The molecule has 1 amide bonds. The van der Waals surface area contributed by atoms with Crippen molar-refractivity contribution in [2.45, 2.75) is 24.7 Å². The van der Waals surface area contributed by atoms with Crippen LogP contribution in [-0.2, 0) is 10.2 Å². The Labute approximate surface area is 122 Å². The Morgan fingerprint density at radius 3 is 2.81 bits per heavy atom. The molecule has 1 aromatic carbocycles. The molecule has 2 aliphatic rings. The van der Waals surface area contributed by atoms with Gasteiger partial charge >= 0.3 is 0 Å². The Morgan fingerprint density at radius 2 is 2.14 bits per heavy atom. The fourth-order valence-electron chi connectivity index (χ4n) is 3.13. The first-order chi connectivity index (χ1) is 10.2. The lowest BCUT2D eigenvalue weighted by Crippen LogP contribution is -2.40. The number of pyridine rings is 1. The highest BCUT2D eigenvalue weighted by Crippen LogP contribution is 2.54. The molecule has 5 nitrogen and oxygen atoms in total. The number of carbonyl (C=O) groups is 1. The van der Waals surface area contributed by atoms with Gasteiger partial charge in [-0.05, 0) is 30.5 Å². The van der Waals surface area contributed by atoms with Gasteiger partial charge in [-0.15, -0.1) is 0 Å². The van der Waals surface area contributed by atoms with Gasteiger partial charge in [-0.25, -0.2) is 4.98 Å². The van der Waals surface area contributed by atoms with Crippen LogP contribution in [-0.4, -0.2) is 10.9 Å². The predicted molar refractivity (Wildman–Crippen MR) is 79.3 cm³/mol. The van der Waals surface area contributed by atoms with Crippen molar-refractivity contribution in [3.8, 4) is 11.6 Å². The van der Waals surface area contributed by atoms with E-state index >= 15 is 0 Å². The Balaban J connectivity index is 1.80. The molecule has 0 bridgehead atoms. The van der Waals surface area contributed by atoms with E-state index in [0.717, 1.165) is 30.5 Å². The molecule has 2 heterocycles. The predicted octanol–water partition coefficient (Wildman–Crippen LogP) is 2.83. The Bertz CT molecular complexity index is 724. The van der Waals surface area contributed by atoms with E-state index in [1.165, 1.54) is 0 Å². The van der Waals surface area contributed by atoms with Crippen LogP contribution in [0.5, 0.6) is 11.6 Å². The number of nitrogens with two attached hydrogens (primary N) is 1. The Kier molecular flexibility index (Phi) is 2.45. The quantitative estimate of drug-likeness (QED) is 0.830. The van der Waals surface area contributed by atoms with Gasteiger partial charge in [0.25, 0.3) is 0 Å². The lowest BCUT2D eigenvalue weighted by molar-refractivity contribution is -0.123. The third-order valence-electron chi connectivity index (χ3n) is 4.37. The minimum atomic E-state index is -0.396. The molecule has 4 rings (SSSR count). The van der Waals surface area contributed by atoms with E-state index in [1.54, 1.807) is 18.3 Å². The molecular weight excluding hydrogens is 266 g/mol. The fraction of sp³-hybridized carbons (Fsp3) is 0.250. The molecule has 3 N–H and O–H groups in total. The smallest absolute Gasteiger partial charge is 0.235 e. The summed E-state index contributed by atoms with van der Waals surface area (Å²) in [4.78, 5) is 16.5. The van der Waals surface area contributed by atoms with Crippen molar-refractivity contribution in [3.63, 3.8) is 0 Å². The van der Waals surface area contributed by atoms with Gasteiger partial charge in [0, 0.05) is 24.0 Å². The number of hydrogen-bond donors (Lipinski definition) is 2. The maximum atomic E-state index is 12.3. The second kappa shape index (κ2) is 4.22. The summed E-state index contributed by atoms with van der Waals surface area (Å²) in [6.45, 7) is 0. The van der Waals surface area contributed by atoms with Crippen LogP contribution in [0.3, 0.4) is 0 Å². The molecule has 1 aliphatic carbocycles. The van der Waals surface area contributed by atoms with Crippen molar-refractivity contribution in [2.24, 2.45) is 0 Å². The monoisotopic (exact) mass is 281 g/mol. The van der Waals surface area contributed by atoms with Crippen molar-refractivity contribution >= 4 is 17.3 Å². The van der Waals surface area contributed by atoms with Crippen molar-refractivity contribution in [1.29, 1.82) is 0 Å². The summed E-state index contributed by atoms with van der Waals surface area (Å²) in [7, 11) is 0. The van der Waals surface area contributed by atoms with Gasteiger partial charge < -0.3 is 15.8 Å². The number of rotatable bonds is 2. The Hall–Kier alpha value is -2.56. The number of hydrogen-bond acceptors (Lipinski definition) is 4. The van der Waals surface area contributed by atoms with Gasteiger partial charge in [-0.3, -0.25) is 4.79 Å². The standard InChI is InChI=1S/C16H15N3O2/c17-10-8-11-14(19-15(20)16(11)5-3-6-16)12(9-10)21-13-4-1-2-7-18-13/h1-2,4,7-9H,3,5-6,17H2,(H,19,20). The summed E-state index contributed by atoms with van der Waals surface area (Å²) >= 11 is 0. The summed E-state index contributed by atoms with van der Waals surface area (Å²) in [5.41, 5.74) is 7.89. The molecule has 5 heteroatoms. The van der Waals surface area contributed by atoms with Crippen LogP contribution >= 0.6 is 0 Å². The minimum absolute atomic E-state index is 0.0558. The lowest BCUT2D eigenvalue weighted by atomic mass is 9.65. The topological polar surface area (TPSA) is 77.2 Å². The van der Waals surface area contributed by atoms with Crippen molar-refractivity contribution < 1.29 is 9.53 Å². The van der Waals surface area contributed by atoms with Crippen molar-refractivity contribution in [1.82, 2.24) is 4.98 Å². The fourth-order valence-corrected chi connectivity index (χ4v) is 3.13. The number of nitrogens with zero attached hydrogens (tertiary/aromatic N) is 1. The average Bonchev–Trinajstić information content (AvgIpc) is 2.72. The average molecular weight is 281 g/mol. The SMILES string of the molecule is Nc1cc(Oc2ccccn2)c2c(c1)C1(CCC1)C(=O)N2. The first-order valence-corrected chi connectivity index (χ1v) is 7.03. The number of anilines is 2. The number of nitrogens with one attached hydrogen (secondary N) is 1. The third kappa shape index (κ3) is 1.70. The van der Waals surface area contributed by atoms with Crippen LogP contribution in [0, 0.1) is 0 Å². The molecule has 1 fully saturated rings. The van der Waals surface area contributed by atoms with Gasteiger partial charge in [0.15, 0.2) is 5.75 Å². The van der Waals surface area contributed by atoms with E-state index in [1.807, 2.05) is 18.2 Å². The molecule has 1 saturated carbocycles. The first kappa shape index (κ1) is 12.2. The molecule has 0 unspecified atom stereocenters. The second-order valence-electron chi connectivity index (χ2n) is 5.60. The van der Waals surface area contributed by atoms with Crippen molar-refractivity contribution in [3.05, 3.63) is 42.1 Å². The summed E-state index contributed by atoms with van der Waals surface area (Å²) in [6, 6.07) is 9.05. The van der Waals surface area contributed by atoms with Crippen LogP contribution in [0.25, 0.3) is 0 Å². The van der Waals surface area contributed by atoms with Crippen LogP contribution < -0.4 is 15.8 Å². The van der Waals surface area contributed by atoms with Gasteiger partial charge in [0.1, 0.15) is 0 Å². The summed E-state index contributed by atoms with van der Waals surface area (Å²) < 4.78 is 5.81. The molecule has 0 atom stereocenters. The van der Waals surface area contributed by atoms with E-state index in [0.29, 0.717) is 17.3 Å². The number of carbonyl (C=O) groups excluding carboxylic acids is 1. The number of aromatic nitrogens is 1. The molecule has 0 saturated heterocycles. The summed E-state index contributed by atoms with van der Waals surface area (Å²) in [5.74, 6) is 1.09. The van der Waals surface area contributed by atoms with E-state index in [4.69, 9.17) is 10.5 Å². The zero-order chi connectivity index (χ0) is 14.4. The number of amides is 1. The maximum Gasteiger partial charge on any atom is 0.235 e. The zero-order valence-corrected chi connectivity index (χ0v) is 11.4. The second-order valence-corrected chi connectivity index (χ2v) is 5.60. The molecular formula is C16H15N3O2. The van der Waals surface area contributed by atoms with E-state index in [9.17, 15) is 4.79 Å². The molecule has 1 aromatic heterocycles. The lowest BCUT2D eigenvalue weighted by Gasteiger charge is -2.36. The van der Waals surface area contributed by atoms with Crippen LogP contribution in [0.15, 0.2) is 36.5 Å². The van der Waals surface area contributed by atoms with E-state index in [2.05, 4.69) is 10.3 Å². The zero-order valence-electron chi connectivity index (χ0n) is 11.4. The van der Waals surface area contributed by atoms with E-state index in [-0.39, 0.29) is 5.91 Å². The highest BCUT2D eigenvalue weighted by molar-refractivity contribution is 6.08. The normalized spacial score (nSPS) is 18.0. The van der Waals surface area contributed by atoms with Crippen LogP contribution in [0.1, 0.15) is 24.8 Å². The number of nitrogen functional groups attached to an aromatic ring is 1. The minimum Gasteiger partial charge on any atom is -0.437 e. The third-order valence-corrected chi connectivity index (χ3v) is 4.37. The maximum absolute atomic E-state index is 12.3. The van der Waals surface area contributed by atoms with Gasteiger partial charge in [-0.1, -0.05) is 12.5 Å². The van der Waals surface area contributed by atoms with Crippen LogP contribution in [0.4, 0.5) is 11.4 Å². The highest BCUT2D eigenvalue weighted by Gasteiger charge is 2.52. The highest BCUT2D eigenvalue weighted by atomic mass is 16.5. The molecule has 0 radical (unpaired) electrons. The number of ether oxygens (including phenoxy) is 1. The molecule has 106 valence electrons. The largest absolute Gasteiger partial charge is 0.437 e. The molecule has 2 aromatic rings. The summed E-state index contributed by atoms with van der Waals surface area (Å²) in [5, 5.41) is 2.96. The summed E-state index contributed by atoms with van der Waals surface area (Å²) in [6.07, 6.45) is 4.47. The number of benzene rings is 1. The van der Waals surface area contributed by atoms with Crippen molar-refractivity contribution in [2.75, 3.05) is 11.1 Å². The van der Waals surface area contributed by atoms with Gasteiger partial charge in [0.05, 0.1) is 11.1 Å². The molecule has 1 aliphatic heterocycles. The van der Waals surface area contributed by atoms with Gasteiger partial charge in [-0.2, -0.15) is 0 Å². The molecule has 21 heavy (non-hydrogen) atoms. The van der Waals surface area contributed by atoms with Crippen LogP contribution in [0.2, 0.25) is 0 Å². The number of fused-ring (bicyclic) bond motifs is 2. The van der Waals surface area contributed by atoms with E-state index < -0.39 is 5.41 Å². The molecule has 1 spiro atoms. The van der Waals surface area contributed by atoms with Gasteiger partial charge in [0.2, 0.25) is 11.8 Å².